The van der Waals surface area contributed by atoms with Crippen LogP contribution >= 0.6 is 0 Å². The molecule has 7 heteroatoms. The largest absolute Gasteiger partial charge is 0.444 e. The molecule has 7 nitrogen and oxygen atoms in total. The molecule has 1 amide bonds. The Bertz CT molecular complexity index is 756. The Kier molecular flexibility index (Phi) is 4.17. The van der Waals surface area contributed by atoms with Crippen LogP contribution in [0.3, 0.4) is 0 Å². The quantitative estimate of drug-likeness (QED) is 0.878. The molecule has 3 N–H and O–H groups in total. The summed E-state index contributed by atoms with van der Waals surface area (Å²) >= 11 is 0. The van der Waals surface area contributed by atoms with Gasteiger partial charge in [0.2, 0.25) is 0 Å². The van der Waals surface area contributed by atoms with Gasteiger partial charge in [-0.05, 0) is 39.3 Å². The van der Waals surface area contributed by atoms with Crippen LogP contribution < -0.4 is 16.0 Å². The lowest BCUT2D eigenvalue weighted by Crippen LogP contribution is -2.40. The standard InChI is InChI=1S/C17H23N5O2/c1-17(2,3)24-16(23)19-11-8-9-22(10-11)15-14(18)20-12-6-4-5-7-13(12)21-15/h4-7,11H,8-10H2,1-3H3,(H2,18,20)(H,19,23)/t11-/m1/s1. The van der Waals surface area contributed by atoms with Gasteiger partial charge >= 0.3 is 6.09 Å². The number of nitrogens with two attached hydrogens (primary N) is 1. The number of hydrogen-bond donors (Lipinski definition) is 2. The van der Waals surface area contributed by atoms with Crippen molar-refractivity contribution in [1.82, 2.24) is 15.3 Å². The number of para-hydroxylation sites is 2. The average molecular weight is 329 g/mol. The lowest BCUT2D eigenvalue weighted by molar-refractivity contribution is 0.0509. The SMILES string of the molecule is CC(C)(C)OC(=O)N[C@@H]1CCN(c2nc3ccccc3nc2N)C1. The van der Waals surface area contributed by atoms with Crippen LogP contribution in [-0.4, -0.2) is 40.8 Å². The second-order valence-corrected chi connectivity index (χ2v) is 7.00. The number of carbonyl (C=O) groups is 1. The van der Waals surface area contributed by atoms with Gasteiger partial charge in [-0.3, -0.25) is 0 Å². The van der Waals surface area contributed by atoms with Crippen molar-refractivity contribution < 1.29 is 9.53 Å². The number of benzene rings is 1. The van der Waals surface area contributed by atoms with E-state index in [4.69, 9.17) is 10.5 Å². The Morgan fingerprint density at radius 3 is 2.62 bits per heavy atom. The first-order valence-electron chi connectivity index (χ1n) is 8.08. The second-order valence-electron chi connectivity index (χ2n) is 7.00. The highest BCUT2D eigenvalue weighted by Gasteiger charge is 2.28. The first-order chi connectivity index (χ1) is 11.3. The zero-order chi connectivity index (χ0) is 17.3. The number of alkyl carbamates (subject to hydrolysis) is 1. The minimum Gasteiger partial charge on any atom is -0.444 e. The Labute approximate surface area is 141 Å². The maximum Gasteiger partial charge on any atom is 0.407 e. The molecule has 1 aliphatic rings. The monoisotopic (exact) mass is 329 g/mol. The summed E-state index contributed by atoms with van der Waals surface area (Å²) in [5, 5.41) is 2.90. The number of fused-ring (bicyclic) bond motifs is 1. The van der Waals surface area contributed by atoms with Gasteiger partial charge in [-0.1, -0.05) is 12.1 Å². The van der Waals surface area contributed by atoms with E-state index in [1.54, 1.807) is 0 Å². The van der Waals surface area contributed by atoms with Gasteiger partial charge in [0.15, 0.2) is 11.6 Å². The number of nitrogens with one attached hydrogen (secondary N) is 1. The summed E-state index contributed by atoms with van der Waals surface area (Å²) in [6.07, 6.45) is 0.416. The van der Waals surface area contributed by atoms with Crippen LogP contribution in [0.5, 0.6) is 0 Å². The molecular formula is C17H23N5O2. The van der Waals surface area contributed by atoms with Crippen LogP contribution in [0, 0.1) is 0 Å². The van der Waals surface area contributed by atoms with Gasteiger partial charge in [-0.15, -0.1) is 0 Å². The molecule has 0 saturated carbocycles. The maximum atomic E-state index is 11.9. The number of anilines is 2. The van der Waals surface area contributed by atoms with Crippen molar-refractivity contribution in [3.05, 3.63) is 24.3 Å². The molecule has 1 saturated heterocycles. The highest BCUT2D eigenvalue weighted by Crippen LogP contribution is 2.25. The van der Waals surface area contributed by atoms with Crippen molar-refractivity contribution >= 4 is 28.8 Å². The Hall–Kier alpha value is -2.57. The summed E-state index contributed by atoms with van der Waals surface area (Å²) in [6, 6.07) is 7.64. The first-order valence-corrected chi connectivity index (χ1v) is 8.08. The highest BCUT2D eigenvalue weighted by molar-refractivity contribution is 5.80. The summed E-state index contributed by atoms with van der Waals surface area (Å²) in [5.41, 5.74) is 7.16. The third-order valence-electron chi connectivity index (χ3n) is 3.79. The van der Waals surface area contributed by atoms with Crippen LogP contribution in [0.15, 0.2) is 24.3 Å². The molecule has 128 valence electrons. The molecule has 24 heavy (non-hydrogen) atoms. The highest BCUT2D eigenvalue weighted by atomic mass is 16.6. The second kappa shape index (κ2) is 6.14. The molecule has 0 radical (unpaired) electrons. The third kappa shape index (κ3) is 3.67. The summed E-state index contributed by atoms with van der Waals surface area (Å²) in [5.74, 6) is 1.08. The number of amides is 1. The lowest BCUT2D eigenvalue weighted by Gasteiger charge is -2.22. The smallest absolute Gasteiger partial charge is 0.407 e. The summed E-state index contributed by atoms with van der Waals surface area (Å²) < 4.78 is 5.30. The van der Waals surface area contributed by atoms with Crippen molar-refractivity contribution in [3.8, 4) is 0 Å². The number of nitrogens with zero attached hydrogens (tertiary/aromatic N) is 3. The first kappa shape index (κ1) is 16.3. The van der Waals surface area contributed by atoms with Gasteiger partial charge in [0, 0.05) is 13.1 Å². The number of ether oxygens (including phenoxy) is 1. The fraction of sp³-hybridized carbons (Fsp3) is 0.471. The van der Waals surface area contributed by atoms with Crippen molar-refractivity contribution in [3.63, 3.8) is 0 Å². The third-order valence-corrected chi connectivity index (χ3v) is 3.79. The van der Waals surface area contributed by atoms with Crippen molar-refractivity contribution in [2.75, 3.05) is 23.7 Å². The van der Waals surface area contributed by atoms with E-state index in [2.05, 4.69) is 20.2 Å². The zero-order valence-electron chi connectivity index (χ0n) is 14.2. The lowest BCUT2D eigenvalue weighted by atomic mass is 10.2. The Balaban J connectivity index is 1.69. The van der Waals surface area contributed by atoms with E-state index >= 15 is 0 Å². The van der Waals surface area contributed by atoms with Crippen molar-refractivity contribution in [2.24, 2.45) is 0 Å². The Morgan fingerprint density at radius 1 is 1.29 bits per heavy atom. The zero-order valence-corrected chi connectivity index (χ0v) is 14.2. The molecule has 2 heterocycles. The van der Waals surface area contributed by atoms with E-state index < -0.39 is 11.7 Å². The van der Waals surface area contributed by atoms with Crippen LogP contribution in [0.25, 0.3) is 11.0 Å². The predicted octanol–water partition coefficient (Wildman–Crippen LogP) is 2.32. The van der Waals surface area contributed by atoms with E-state index in [0.29, 0.717) is 18.2 Å². The van der Waals surface area contributed by atoms with Crippen molar-refractivity contribution in [2.45, 2.75) is 38.8 Å². The van der Waals surface area contributed by atoms with Gasteiger partial charge in [-0.25, -0.2) is 14.8 Å². The molecule has 3 rings (SSSR count). The van der Waals surface area contributed by atoms with Crippen LogP contribution in [0.2, 0.25) is 0 Å². The topological polar surface area (TPSA) is 93.4 Å². The minimum atomic E-state index is -0.503. The molecule has 0 spiro atoms. The van der Waals surface area contributed by atoms with Crippen LogP contribution in [-0.2, 0) is 4.74 Å². The molecule has 1 aromatic heterocycles. The van der Waals surface area contributed by atoms with Crippen LogP contribution in [0.1, 0.15) is 27.2 Å². The summed E-state index contributed by atoms with van der Waals surface area (Å²) in [6.45, 7) is 6.94. The molecule has 0 aliphatic carbocycles. The maximum absolute atomic E-state index is 11.9. The molecule has 1 atom stereocenters. The fourth-order valence-electron chi connectivity index (χ4n) is 2.78. The Morgan fingerprint density at radius 2 is 1.96 bits per heavy atom. The number of carbonyl (C=O) groups excluding carboxylic acids is 1. The summed E-state index contributed by atoms with van der Waals surface area (Å²) in [7, 11) is 0. The van der Waals surface area contributed by atoms with E-state index in [-0.39, 0.29) is 6.04 Å². The number of rotatable bonds is 2. The van der Waals surface area contributed by atoms with Gasteiger partial charge in [-0.2, -0.15) is 0 Å². The minimum absolute atomic E-state index is 0.00696. The number of nitrogen functional groups attached to an aromatic ring is 1. The van der Waals surface area contributed by atoms with Gasteiger partial charge in [0.1, 0.15) is 5.60 Å². The van der Waals surface area contributed by atoms with Crippen molar-refractivity contribution in [1.29, 1.82) is 0 Å². The molecular weight excluding hydrogens is 306 g/mol. The molecule has 1 fully saturated rings. The van der Waals surface area contributed by atoms with Gasteiger partial charge in [0.25, 0.3) is 0 Å². The number of aromatic nitrogens is 2. The molecule has 1 aliphatic heterocycles. The van der Waals surface area contributed by atoms with E-state index in [1.807, 2.05) is 45.0 Å². The fourth-order valence-corrected chi connectivity index (χ4v) is 2.78. The molecule has 1 aromatic carbocycles. The summed E-state index contributed by atoms with van der Waals surface area (Å²) in [4.78, 5) is 23.0. The normalized spacial score (nSPS) is 18.0. The van der Waals surface area contributed by atoms with E-state index in [1.165, 1.54) is 0 Å². The molecule has 0 bridgehead atoms. The van der Waals surface area contributed by atoms with Crippen LogP contribution in [0.4, 0.5) is 16.4 Å². The number of hydrogen-bond acceptors (Lipinski definition) is 6. The molecule has 0 unspecified atom stereocenters. The van der Waals surface area contributed by atoms with Gasteiger partial charge < -0.3 is 20.7 Å². The van der Waals surface area contributed by atoms with Gasteiger partial charge in [0.05, 0.1) is 17.1 Å². The van der Waals surface area contributed by atoms with E-state index in [9.17, 15) is 4.79 Å². The molecule has 2 aromatic rings. The average Bonchev–Trinajstić information content (AvgIpc) is 2.92. The van der Waals surface area contributed by atoms with E-state index in [0.717, 1.165) is 24.0 Å². The predicted molar refractivity (Wildman–Crippen MR) is 93.9 cm³/mol.